The predicted octanol–water partition coefficient (Wildman–Crippen LogP) is 2.09. The van der Waals surface area contributed by atoms with E-state index in [0.717, 1.165) is 12.8 Å². The Morgan fingerprint density at radius 3 is 2.00 bits per heavy atom. The SMILES string of the molecule is CCC(CC)CNC(=O)C(C)NC(=O)C(C)(C)C. The fourth-order valence-corrected chi connectivity index (χ4v) is 1.45. The van der Waals surface area contributed by atoms with Gasteiger partial charge in [-0.2, -0.15) is 0 Å². The Labute approximate surface area is 111 Å². The number of hydrogen-bond acceptors (Lipinski definition) is 2. The third kappa shape index (κ3) is 6.03. The van der Waals surface area contributed by atoms with Crippen LogP contribution in [0.5, 0.6) is 0 Å². The molecule has 0 saturated carbocycles. The summed E-state index contributed by atoms with van der Waals surface area (Å²) in [6, 6.07) is -0.480. The van der Waals surface area contributed by atoms with Crippen LogP contribution in [-0.2, 0) is 9.59 Å². The van der Waals surface area contributed by atoms with E-state index >= 15 is 0 Å². The van der Waals surface area contributed by atoms with Gasteiger partial charge in [-0.3, -0.25) is 9.59 Å². The lowest BCUT2D eigenvalue weighted by atomic mass is 9.95. The van der Waals surface area contributed by atoms with E-state index in [-0.39, 0.29) is 11.8 Å². The van der Waals surface area contributed by atoms with E-state index in [0.29, 0.717) is 12.5 Å². The Balaban J connectivity index is 4.16. The summed E-state index contributed by atoms with van der Waals surface area (Å²) in [5, 5.41) is 5.62. The molecule has 4 heteroatoms. The summed E-state index contributed by atoms with van der Waals surface area (Å²) in [6.45, 7) is 12.1. The molecule has 0 aliphatic heterocycles. The van der Waals surface area contributed by atoms with Gasteiger partial charge in [0, 0.05) is 12.0 Å². The molecule has 0 fully saturated rings. The summed E-state index contributed by atoms with van der Waals surface area (Å²) < 4.78 is 0. The summed E-state index contributed by atoms with van der Waals surface area (Å²) in [5.74, 6) is 0.298. The molecule has 1 atom stereocenters. The molecule has 4 nitrogen and oxygen atoms in total. The molecule has 0 bridgehead atoms. The minimum absolute atomic E-state index is 0.104. The van der Waals surface area contributed by atoms with Crippen molar-refractivity contribution in [3.63, 3.8) is 0 Å². The van der Waals surface area contributed by atoms with Crippen LogP contribution in [-0.4, -0.2) is 24.4 Å². The van der Waals surface area contributed by atoms with Gasteiger partial charge in [0.2, 0.25) is 11.8 Å². The van der Waals surface area contributed by atoms with Crippen LogP contribution in [0.15, 0.2) is 0 Å². The smallest absolute Gasteiger partial charge is 0.242 e. The van der Waals surface area contributed by atoms with Crippen LogP contribution < -0.4 is 10.6 Å². The van der Waals surface area contributed by atoms with Crippen molar-refractivity contribution in [1.29, 1.82) is 0 Å². The highest BCUT2D eigenvalue weighted by molar-refractivity contribution is 5.89. The maximum absolute atomic E-state index is 11.8. The molecule has 0 rings (SSSR count). The summed E-state index contributed by atoms with van der Waals surface area (Å²) in [5.41, 5.74) is -0.468. The van der Waals surface area contributed by atoms with Gasteiger partial charge in [-0.05, 0) is 12.8 Å². The van der Waals surface area contributed by atoms with Gasteiger partial charge in [0.1, 0.15) is 6.04 Å². The lowest BCUT2D eigenvalue weighted by Gasteiger charge is -2.22. The van der Waals surface area contributed by atoms with Crippen molar-refractivity contribution in [2.75, 3.05) is 6.54 Å². The van der Waals surface area contributed by atoms with Gasteiger partial charge in [-0.1, -0.05) is 47.5 Å². The van der Waals surface area contributed by atoms with E-state index in [2.05, 4.69) is 24.5 Å². The topological polar surface area (TPSA) is 58.2 Å². The van der Waals surface area contributed by atoms with Gasteiger partial charge in [-0.15, -0.1) is 0 Å². The number of amides is 2. The first kappa shape index (κ1) is 16.9. The molecule has 0 aliphatic rings. The monoisotopic (exact) mass is 256 g/mol. The molecule has 1 unspecified atom stereocenters. The zero-order valence-electron chi connectivity index (χ0n) is 12.6. The van der Waals surface area contributed by atoms with E-state index in [1.807, 2.05) is 20.8 Å². The third-order valence-electron chi connectivity index (χ3n) is 3.14. The number of hydrogen-bond donors (Lipinski definition) is 2. The molecular formula is C14H28N2O2. The first-order valence-electron chi connectivity index (χ1n) is 6.81. The fraction of sp³-hybridized carbons (Fsp3) is 0.857. The molecule has 2 amide bonds. The highest BCUT2D eigenvalue weighted by Crippen LogP contribution is 2.12. The largest absolute Gasteiger partial charge is 0.354 e. The maximum atomic E-state index is 11.8. The van der Waals surface area contributed by atoms with Crippen molar-refractivity contribution in [1.82, 2.24) is 10.6 Å². The van der Waals surface area contributed by atoms with Crippen molar-refractivity contribution in [2.24, 2.45) is 11.3 Å². The van der Waals surface area contributed by atoms with Gasteiger partial charge in [-0.25, -0.2) is 0 Å². The summed E-state index contributed by atoms with van der Waals surface area (Å²) in [7, 11) is 0. The Morgan fingerprint density at radius 1 is 1.11 bits per heavy atom. The molecule has 0 aromatic rings. The van der Waals surface area contributed by atoms with Crippen LogP contribution >= 0.6 is 0 Å². The second-order valence-corrected chi connectivity index (χ2v) is 5.87. The average molecular weight is 256 g/mol. The van der Waals surface area contributed by atoms with Gasteiger partial charge >= 0.3 is 0 Å². The quantitative estimate of drug-likeness (QED) is 0.764. The number of rotatable bonds is 6. The van der Waals surface area contributed by atoms with Crippen molar-refractivity contribution in [3.05, 3.63) is 0 Å². The Bertz CT molecular complexity index is 278. The second kappa shape index (κ2) is 7.39. The van der Waals surface area contributed by atoms with E-state index < -0.39 is 11.5 Å². The molecule has 0 aliphatic carbocycles. The van der Waals surface area contributed by atoms with Crippen LogP contribution in [0.2, 0.25) is 0 Å². The van der Waals surface area contributed by atoms with Crippen LogP contribution in [0.25, 0.3) is 0 Å². The van der Waals surface area contributed by atoms with E-state index in [1.165, 1.54) is 0 Å². The van der Waals surface area contributed by atoms with Crippen LogP contribution in [0, 0.1) is 11.3 Å². The van der Waals surface area contributed by atoms with Gasteiger partial charge in [0.05, 0.1) is 0 Å². The highest BCUT2D eigenvalue weighted by Gasteiger charge is 2.25. The molecule has 106 valence electrons. The first-order valence-corrected chi connectivity index (χ1v) is 6.81. The van der Waals surface area contributed by atoms with Gasteiger partial charge in [0.15, 0.2) is 0 Å². The van der Waals surface area contributed by atoms with Crippen molar-refractivity contribution in [3.8, 4) is 0 Å². The van der Waals surface area contributed by atoms with E-state index in [4.69, 9.17) is 0 Å². The van der Waals surface area contributed by atoms with Crippen molar-refractivity contribution < 1.29 is 9.59 Å². The van der Waals surface area contributed by atoms with Crippen LogP contribution in [0.4, 0.5) is 0 Å². The van der Waals surface area contributed by atoms with E-state index in [1.54, 1.807) is 6.92 Å². The Hall–Kier alpha value is -1.06. The molecule has 0 radical (unpaired) electrons. The molecule has 2 N–H and O–H groups in total. The minimum atomic E-state index is -0.480. The van der Waals surface area contributed by atoms with Gasteiger partial charge < -0.3 is 10.6 Å². The number of nitrogens with one attached hydrogen (secondary N) is 2. The summed E-state index contributed by atoms with van der Waals surface area (Å²) >= 11 is 0. The van der Waals surface area contributed by atoms with Crippen LogP contribution in [0.1, 0.15) is 54.4 Å². The molecule has 0 spiro atoms. The minimum Gasteiger partial charge on any atom is -0.354 e. The lowest BCUT2D eigenvalue weighted by Crippen LogP contribution is -2.48. The predicted molar refractivity (Wildman–Crippen MR) is 74.1 cm³/mol. The van der Waals surface area contributed by atoms with Gasteiger partial charge in [0.25, 0.3) is 0 Å². The zero-order valence-corrected chi connectivity index (χ0v) is 12.6. The number of carbonyl (C=O) groups excluding carboxylic acids is 2. The molecule has 0 heterocycles. The fourth-order valence-electron chi connectivity index (χ4n) is 1.45. The molecule has 0 saturated heterocycles. The Morgan fingerprint density at radius 2 is 1.61 bits per heavy atom. The lowest BCUT2D eigenvalue weighted by molar-refractivity contribution is -0.133. The molecule has 0 aromatic carbocycles. The van der Waals surface area contributed by atoms with Crippen molar-refractivity contribution >= 4 is 11.8 Å². The number of carbonyl (C=O) groups is 2. The second-order valence-electron chi connectivity index (χ2n) is 5.87. The molecule has 0 aromatic heterocycles. The van der Waals surface area contributed by atoms with E-state index in [9.17, 15) is 9.59 Å². The highest BCUT2D eigenvalue weighted by atomic mass is 16.2. The maximum Gasteiger partial charge on any atom is 0.242 e. The molecular weight excluding hydrogens is 228 g/mol. The standard InChI is InChI=1S/C14H28N2O2/c1-7-11(8-2)9-15-12(17)10(3)16-13(18)14(4,5)6/h10-11H,7-9H2,1-6H3,(H,15,17)(H,16,18). The normalized spacial score (nSPS) is 13.3. The first-order chi connectivity index (χ1) is 8.22. The van der Waals surface area contributed by atoms with Crippen LogP contribution in [0.3, 0.4) is 0 Å². The summed E-state index contributed by atoms with van der Waals surface area (Å²) in [6.07, 6.45) is 2.11. The average Bonchev–Trinajstić information content (AvgIpc) is 2.28. The van der Waals surface area contributed by atoms with Crippen molar-refractivity contribution in [2.45, 2.75) is 60.4 Å². The molecule has 18 heavy (non-hydrogen) atoms. The Kier molecular flexibility index (Phi) is 6.96. The zero-order chi connectivity index (χ0) is 14.3. The third-order valence-corrected chi connectivity index (χ3v) is 3.14. The summed E-state index contributed by atoms with van der Waals surface area (Å²) in [4.78, 5) is 23.6.